The SMILES string of the molecule is C[C@H]([C@@H](O)c1ccccc1)N(C)C[C@@H]1C[C@H](c2ccc(CO)cc2)O[C@H](c2ccc(NC(=O)c3cccnc3)cc2)O1. The van der Waals surface area contributed by atoms with Gasteiger partial charge in [0.15, 0.2) is 6.29 Å². The van der Waals surface area contributed by atoms with E-state index in [-0.39, 0.29) is 30.8 Å². The van der Waals surface area contributed by atoms with Gasteiger partial charge in [-0.15, -0.1) is 0 Å². The number of nitrogens with one attached hydrogen (secondary N) is 1. The number of nitrogens with zero attached hydrogens (tertiary/aromatic N) is 2. The molecule has 8 heteroatoms. The van der Waals surface area contributed by atoms with Crippen LogP contribution in [-0.4, -0.2) is 51.7 Å². The van der Waals surface area contributed by atoms with Crippen LogP contribution in [0.25, 0.3) is 0 Å². The van der Waals surface area contributed by atoms with Crippen molar-refractivity contribution in [2.75, 3.05) is 18.9 Å². The van der Waals surface area contributed by atoms with Gasteiger partial charge < -0.3 is 25.0 Å². The molecule has 0 unspecified atom stereocenters. The summed E-state index contributed by atoms with van der Waals surface area (Å²) in [5.41, 5.74) is 4.68. The predicted octanol–water partition coefficient (Wildman–Crippen LogP) is 5.43. The monoisotopic (exact) mass is 567 g/mol. The molecule has 4 aromatic rings. The highest BCUT2D eigenvalue weighted by molar-refractivity contribution is 6.04. The standard InChI is InChI=1S/C34H37N3O5/c1-23(32(39)26-7-4-3-5-8-26)37(2)21-30-19-31(25-12-10-24(22-38)11-13-25)42-34(41-30)27-14-16-29(17-15-27)36-33(40)28-9-6-18-35-20-28/h3-18,20,23,30-32,34,38-39H,19,21-22H2,1-2H3,(H,36,40)/t23-,30+,31-,32-,34-/m1/s1. The van der Waals surface area contributed by atoms with E-state index in [1.165, 1.54) is 6.20 Å². The van der Waals surface area contributed by atoms with Gasteiger partial charge in [0, 0.05) is 42.7 Å². The number of aliphatic hydroxyl groups excluding tert-OH is 2. The lowest BCUT2D eigenvalue weighted by molar-refractivity contribution is -0.253. The number of carbonyl (C=O) groups is 1. The summed E-state index contributed by atoms with van der Waals surface area (Å²) < 4.78 is 12.9. The summed E-state index contributed by atoms with van der Waals surface area (Å²) in [6.07, 6.45) is 2.12. The van der Waals surface area contributed by atoms with Crippen LogP contribution < -0.4 is 5.32 Å². The largest absolute Gasteiger partial charge is 0.392 e. The molecule has 8 nitrogen and oxygen atoms in total. The lowest BCUT2D eigenvalue weighted by Gasteiger charge is -2.39. The van der Waals surface area contributed by atoms with Crippen molar-refractivity contribution in [3.8, 4) is 0 Å². The molecule has 1 aromatic heterocycles. The normalized spacial score (nSPS) is 20.2. The molecule has 0 bridgehead atoms. The Bertz CT molecular complexity index is 1420. The second-order valence-electron chi connectivity index (χ2n) is 10.7. The maximum atomic E-state index is 12.5. The zero-order valence-corrected chi connectivity index (χ0v) is 23.8. The first-order valence-electron chi connectivity index (χ1n) is 14.2. The Morgan fingerprint density at radius 3 is 2.36 bits per heavy atom. The Labute approximate surface area is 246 Å². The second-order valence-corrected chi connectivity index (χ2v) is 10.7. The van der Waals surface area contributed by atoms with Gasteiger partial charge in [0.1, 0.15) is 0 Å². The Morgan fingerprint density at radius 2 is 1.69 bits per heavy atom. The maximum absolute atomic E-state index is 12.5. The predicted molar refractivity (Wildman–Crippen MR) is 161 cm³/mol. The molecule has 1 fully saturated rings. The van der Waals surface area contributed by atoms with Crippen LogP contribution in [0.2, 0.25) is 0 Å². The van der Waals surface area contributed by atoms with E-state index in [0.29, 0.717) is 24.2 Å². The lowest BCUT2D eigenvalue weighted by Crippen LogP contribution is -2.43. The zero-order chi connectivity index (χ0) is 29.5. The van der Waals surface area contributed by atoms with Crippen LogP contribution >= 0.6 is 0 Å². The van der Waals surface area contributed by atoms with Crippen LogP contribution in [0.15, 0.2) is 103 Å². The van der Waals surface area contributed by atoms with Crippen LogP contribution in [0.1, 0.15) is 64.5 Å². The summed E-state index contributed by atoms with van der Waals surface area (Å²) in [6.45, 7) is 2.59. The summed E-state index contributed by atoms with van der Waals surface area (Å²) >= 11 is 0. The lowest BCUT2D eigenvalue weighted by atomic mass is 9.98. The molecule has 42 heavy (non-hydrogen) atoms. The highest BCUT2D eigenvalue weighted by Crippen LogP contribution is 2.38. The number of carbonyl (C=O) groups excluding carboxylic acids is 1. The number of hydrogen-bond acceptors (Lipinski definition) is 7. The molecule has 1 saturated heterocycles. The summed E-state index contributed by atoms with van der Waals surface area (Å²) in [4.78, 5) is 18.7. The minimum Gasteiger partial charge on any atom is -0.392 e. The number of rotatable bonds is 10. The van der Waals surface area contributed by atoms with Crippen LogP contribution in [-0.2, 0) is 16.1 Å². The van der Waals surface area contributed by atoms with E-state index >= 15 is 0 Å². The summed E-state index contributed by atoms with van der Waals surface area (Å²) in [6, 6.07) is 28.2. The van der Waals surface area contributed by atoms with E-state index in [0.717, 1.165) is 22.3 Å². The average molecular weight is 568 g/mol. The maximum Gasteiger partial charge on any atom is 0.257 e. The van der Waals surface area contributed by atoms with Crippen molar-refractivity contribution >= 4 is 11.6 Å². The molecule has 5 rings (SSSR count). The van der Waals surface area contributed by atoms with E-state index in [2.05, 4.69) is 15.2 Å². The molecule has 1 amide bonds. The first-order chi connectivity index (χ1) is 20.4. The van der Waals surface area contributed by atoms with E-state index in [1.54, 1.807) is 18.3 Å². The fourth-order valence-corrected chi connectivity index (χ4v) is 5.11. The molecule has 0 radical (unpaired) electrons. The minimum absolute atomic E-state index is 0.0176. The number of benzene rings is 3. The Balaban J connectivity index is 1.31. The fourth-order valence-electron chi connectivity index (χ4n) is 5.11. The molecular weight excluding hydrogens is 530 g/mol. The van der Waals surface area contributed by atoms with Gasteiger partial charge in [0.05, 0.1) is 30.5 Å². The quantitative estimate of drug-likeness (QED) is 0.235. The summed E-state index contributed by atoms with van der Waals surface area (Å²) in [5, 5.41) is 23.4. The first-order valence-corrected chi connectivity index (χ1v) is 14.2. The van der Waals surface area contributed by atoms with E-state index in [4.69, 9.17) is 9.47 Å². The van der Waals surface area contributed by atoms with Crippen LogP contribution in [0.3, 0.4) is 0 Å². The van der Waals surface area contributed by atoms with Crippen molar-refractivity contribution in [2.24, 2.45) is 0 Å². The van der Waals surface area contributed by atoms with Gasteiger partial charge in [-0.05, 0) is 54.9 Å². The van der Waals surface area contributed by atoms with Crippen LogP contribution in [0, 0.1) is 0 Å². The van der Waals surface area contributed by atoms with Gasteiger partial charge in [-0.25, -0.2) is 0 Å². The van der Waals surface area contributed by atoms with Gasteiger partial charge in [-0.1, -0.05) is 66.7 Å². The topological polar surface area (TPSA) is 104 Å². The van der Waals surface area contributed by atoms with Gasteiger partial charge in [-0.3, -0.25) is 14.7 Å². The van der Waals surface area contributed by atoms with Crippen LogP contribution in [0.4, 0.5) is 5.69 Å². The van der Waals surface area contributed by atoms with Gasteiger partial charge in [-0.2, -0.15) is 0 Å². The minimum atomic E-state index is -0.636. The zero-order valence-electron chi connectivity index (χ0n) is 23.8. The van der Waals surface area contributed by atoms with Gasteiger partial charge in [0.2, 0.25) is 0 Å². The molecule has 0 saturated carbocycles. The Hall–Kier alpha value is -3.92. The number of likely N-dealkylation sites (N-methyl/N-ethyl adjacent to an activating group) is 1. The molecule has 0 spiro atoms. The summed E-state index contributed by atoms with van der Waals surface area (Å²) in [5.74, 6) is -0.234. The van der Waals surface area contributed by atoms with E-state index < -0.39 is 12.4 Å². The molecule has 0 aliphatic carbocycles. The van der Waals surface area contributed by atoms with Crippen molar-refractivity contribution in [3.63, 3.8) is 0 Å². The van der Waals surface area contributed by atoms with Crippen molar-refractivity contribution in [1.82, 2.24) is 9.88 Å². The first kappa shape index (κ1) is 29.6. The molecule has 5 atom stereocenters. The van der Waals surface area contributed by atoms with Gasteiger partial charge >= 0.3 is 0 Å². The highest BCUT2D eigenvalue weighted by Gasteiger charge is 2.34. The highest BCUT2D eigenvalue weighted by atomic mass is 16.7. The number of anilines is 1. The van der Waals surface area contributed by atoms with Crippen molar-refractivity contribution < 1.29 is 24.5 Å². The molecule has 2 heterocycles. The third kappa shape index (κ3) is 7.28. The number of ether oxygens (including phenoxy) is 2. The fraction of sp³-hybridized carbons (Fsp3) is 0.294. The van der Waals surface area contributed by atoms with Crippen molar-refractivity contribution in [3.05, 3.63) is 131 Å². The Morgan fingerprint density at radius 1 is 0.976 bits per heavy atom. The Kier molecular flexibility index (Phi) is 9.74. The van der Waals surface area contributed by atoms with Gasteiger partial charge in [0.25, 0.3) is 5.91 Å². The summed E-state index contributed by atoms with van der Waals surface area (Å²) in [7, 11) is 2.00. The molecule has 1 aliphatic rings. The van der Waals surface area contributed by atoms with Crippen molar-refractivity contribution in [2.45, 2.75) is 50.6 Å². The number of pyridine rings is 1. The number of aliphatic hydroxyl groups is 2. The van der Waals surface area contributed by atoms with E-state index in [9.17, 15) is 15.0 Å². The molecular formula is C34H37N3O5. The van der Waals surface area contributed by atoms with Crippen LogP contribution in [0.5, 0.6) is 0 Å². The second kappa shape index (κ2) is 13.8. The molecule has 1 aliphatic heterocycles. The third-order valence-electron chi connectivity index (χ3n) is 7.76. The third-order valence-corrected chi connectivity index (χ3v) is 7.76. The molecule has 3 aromatic carbocycles. The smallest absolute Gasteiger partial charge is 0.257 e. The number of hydrogen-bond donors (Lipinski definition) is 3. The molecule has 218 valence electrons. The van der Waals surface area contributed by atoms with Crippen molar-refractivity contribution in [1.29, 1.82) is 0 Å². The molecule has 3 N–H and O–H groups in total. The van der Waals surface area contributed by atoms with E-state index in [1.807, 2.05) is 92.8 Å². The average Bonchev–Trinajstić information content (AvgIpc) is 3.05. The number of amides is 1. The number of aromatic nitrogens is 1.